The standard InChI is InChI=1S/C15H20N2O3/c18-13-12(5-3-8-16-13)14(19)17-9-7-15(20)6-2-1-4-11(15)10-17/h3,5,8,11,20H,1-2,4,6-7,9-10H2,(H,16,18). The molecular formula is C15H20N2O3. The third-order valence-electron chi connectivity index (χ3n) is 4.76. The summed E-state index contributed by atoms with van der Waals surface area (Å²) in [6.07, 6.45) is 6.13. The molecule has 5 nitrogen and oxygen atoms in total. The molecule has 20 heavy (non-hydrogen) atoms. The summed E-state index contributed by atoms with van der Waals surface area (Å²) in [7, 11) is 0. The summed E-state index contributed by atoms with van der Waals surface area (Å²) in [6.45, 7) is 1.09. The molecule has 2 unspecified atom stereocenters. The zero-order valence-corrected chi connectivity index (χ0v) is 11.5. The van der Waals surface area contributed by atoms with Gasteiger partial charge in [0.1, 0.15) is 5.56 Å². The maximum Gasteiger partial charge on any atom is 0.260 e. The fraction of sp³-hybridized carbons (Fsp3) is 0.600. The van der Waals surface area contributed by atoms with Gasteiger partial charge >= 0.3 is 0 Å². The Kier molecular flexibility index (Phi) is 3.38. The molecule has 2 heterocycles. The fourth-order valence-electron chi connectivity index (χ4n) is 3.52. The third kappa shape index (κ3) is 2.26. The highest BCUT2D eigenvalue weighted by molar-refractivity contribution is 5.93. The maximum absolute atomic E-state index is 12.4. The summed E-state index contributed by atoms with van der Waals surface area (Å²) in [6, 6.07) is 3.22. The van der Waals surface area contributed by atoms with Crippen molar-refractivity contribution in [1.29, 1.82) is 0 Å². The number of carbonyl (C=O) groups is 1. The molecule has 2 N–H and O–H groups in total. The zero-order chi connectivity index (χ0) is 14.2. The molecule has 0 bridgehead atoms. The van der Waals surface area contributed by atoms with Gasteiger partial charge in [-0.25, -0.2) is 0 Å². The number of H-pyrrole nitrogens is 1. The van der Waals surface area contributed by atoms with Crippen LogP contribution >= 0.6 is 0 Å². The number of nitrogens with zero attached hydrogens (tertiary/aromatic N) is 1. The van der Waals surface area contributed by atoms with E-state index in [0.29, 0.717) is 19.5 Å². The Morgan fingerprint density at radius 3 is 3.05 bits per heavy atom. The van der Waals surface area contributed by atoms with Gasteiger partial charge in [0.05, 0.1) is 5.60 Å². The molecular weight excluding hydrogens is 256 g/mol. The van der Waals surface area contributed by atoms with Gasteiger partial charge < -0.3 is 15.0 Å². The molecule has 1 aromatic rings. The van der Waals surface area contributed by atoms with Crippen LogP contribution in [-0.2, 0) is 0 Å². The van der Waals surface area contributed by atoms with Crippen LogP contribution in [0.25, 0.3) is 0 Å². The van der Waals surface area contributed by atoms with Crippen LogP contribution < -0.4 is 5.56 Å². The maximum atomic E-state index is 12.4. The smallest absolute Gasteiger partial charge is 0.260 e. The van der Waals surface area contributed by atoms with Gasteiger partial charge in [0.15, 0.2) is 0 Å². The van der Waals surface area contributed by atoms with Gasteiger partial charge in [0.25, 0.3) is 11.5 Å². The first-order chi connectivity index (χ1) is 9.60. The number of hydrogen-bond acceptors (Lipinski definition) is 3. The van der Waals surface area contributed by atoms with Crippen molar-refractivity contribution in [3.05, 3.63) is 34.2 Å². The lowest BCUT2D eigenvalue weighted by atomic mass is 9.71. The van der Waals surface area contributed by atoms with E-state index < -0.39 is 5.60 Å². The summed E-state index contributed by atoms with van der Waals surface area (Å²) in [4.78, 5) is 28.4. The van der Waals surface area contributed by atoms with Crippen LogP contribution in [0.4, 0.5) is 0 Å². The van der Waals surface area contributed by atoms with Gasteiger partial charge in [-0.3, -0.25) is 9.59 Å². The molecule has 2 aliphatic rings. The highest BCUT2D eigenvalue weighted by Gasteiger charge is 2.43. The van der Waals surface area contributed by atoms with Gasteiger partial charge in [-0.1, -0.05) is 12.8 Å². The molecule has 0 aromatic carbocycles. The largest absolute Gasteiger partial charge is 0.389 e. The van der Waals surface area contributed by atoms with Gasteiger partial charge in [-0.15, -0.1) is 0 Å². The summed E-state index contributed by atoms with van der Waals surface area (Å²) in [5.74, 6) is -0.0729. The van der Waals surface area contributed by atoms with Crippen molar-refractivity contribution in [3.8, 4) is 0 Å². The van der Waals surface area contributed by atoms with E-state index in [9.17, 15) is 14.7 Å². The first-order valence-corrected chi connectivity index (χ1v) is 7.29. The molecule has 2 fully saturated rings. The molecule has 108 valence electrons. The number of hydrogen-bond donors (Lipinski definition) is 2. The molecule has 5 heteroatoms. The lowest BCUT2D eigenvalue weighted by Crippen LogP contribution is -2.55. The third-order valence-corrected chi connectivity index (χ3v) is 4.76. The van der Waals surface area contributed by atoms with Gasteiger partial charge in [0, 0.05) is 25.2 Å². The zero-order valence-electron chi connectivity index (χ0n) is 11.5. The number of likely N-dealkylation sites (tertiary alicyclic amines) is 1. The minimum absolute atomic E-state index is 0.150. The Balaban J connectivity index is 1.78. The lowest BCUT2D eigenvalue weighted by Gasteiger charge is -2.47. The number of nitrogens with one attached hydrogen (secondary N) is 1. The Hall–Kier alpha value is -1.62. The highest BCUT2D eigenvalue weighted by atomic mass is 16.3. The van der Waals surface area contributed by atoms with Gasteiger partial charge in [-0.05, 0) is 31.4 Å². The minimum atomic E-state index is -0.599. The van der Waals surface area contributed by atoms with Crippen LogP contribution in [0.2, 0.25) is 0 Å². The van der Waals surface area contributed by atoms with Gasteiger partial charge in [0.2, 0.25) is 0 Å². The summed E-state index contributed by atoms with van der Waals surface area (Å²) < 4.78 is 0. The quantitative estimate of drug-likeness (QED) is 0.808. The second kappa shape index (κ2) is 5.05. The van der Waals surface area contributed by atoms with Crippen molar-refractivity contribution < 1.29 is 9.90 Å². The van der Waals surface area contributed by atoms with E-state index in [1.165, 1.54) is 6.20 Å². The Morgan fingerprint density at radius 2 is 2.25 bits per heavy atom. The first-order valence-electron chi connectivity index (χ1n) is 7.29. The lowest BCUT2D eigenvalue weighted by molar-refractivity contribution is -0.0886. The molecule has 1 aliphatic heterocycles. The van der Waals surface area contributed by atoms with Crippen molar-refractivity contribution in [2.24, 2.45) is 5.92 Å². The van der Waals surface area contributed by atoms with Crippen molar-refractivity contribution in [2.45, 2.75) is 37.7 Å². The number of pyridine rings is 1. The Bertz CT molecular complexity index is 568. The minimum Gasteiger partial charge on any atom is -0.389 e. The van der Waals surface area contributed by atoms with Crippen molar-refractivity contribution in [2.75, 3.05) is 13.1 Å². The van der Waals surface area contributed by atoms with Gasteiger partial charge in [-0.2, -0.15) is 0 Å². The number of carbonyl (C=O) groups excluding carboxylic acids is 1. The number of amides is 1. The highest BCUT2D eigenvalue weighted by Crippen LogP contribution is 2.39. The summed E-state index contributed by atoms with van der Waals surface area (Å²) in [5, 5.41) is 10.6. The molecule has 2 atom stereocenters. The number of piperidine rings is 1. The average molecular weight is 276 g/mol. The molecule has 1 amide bonds. The van der Waals surface area contributed by atoms with E-state index in [1.54, 1.807) is 17.0 Å². The normalized spacial score (nSPS) is 29.9. The second-order valence-electron chi connectivity index (χ2n) is 5.96. The monoisotopic (exact) mass is 276 g/mol. The van der Waals surface area contributed by atoms with E-state index in [2.05, 4.69) is 4.98 Å². The summed E-state index contributed by atoms with van der Waals surface area (Å²) in [5.41, 5.74) is -0.756. The Morgan fingerprint density at radius 1 is 1.40 bits per heavy atom. The van der Waals surface area contributed by atoms with Crippen LogP contribution in [-0.4, -0.2) is 39.6 Å². The van der Waals surface area contributed by atoms with E-state index in [-0.39, 0.29) is 22.9 Å². The van der Waals surface area contributed by atoms with E-state index >= 15 is 0 Å². The first kappa shape index (κ1) is 13.4. The van der Waals surface area contributed by atoms with Crippen molar-refractivity contribution >= 4 is 5.91 Å². The van der Waals surface area contributed by atoms with E-state index in [4.69, 9.17) is 0 Å². The molecule has 3 rings (SSSR count). The second-order valence-corrected chi connectivity index (χ2v) is 5.96. The molecule has 1 aromatic heterocycles. The van der Waals surface area contributed by atoms with Crippen LogP contribution in [0.3, 0.4) is 0 Å². The van der Waals surface area contributed by atoms with Crippen molar-refractivity contribution in [1.82, 2.24) is 9.88 Å². The van der Waals surface area contributed by atoms with Crippen LogP contribution in [0, 0.1) is 5.92 Å². The number of fused-ring (bicyclic) bond motifs is 1. The number of aliphatic hydroxyl groups is 1. The molecule has 0 spiro atoms. The van der Waals surface area contributed by atoms with E-state index in [0.717, 1.165) is 25.7 Å². The topological polar surface area (TPSA) is 73.4 Å². The van der Waals surface area contributed by atoms with E-state index in [1.807, 2.05) is 0 Å². The predicted octanol–water partition coefficient (Wildman–Crippen LogP) is 1.14. The van der Waals surface area contributed by atoms with Crippen LogP contribution in [0.1, 0.15) is 42.5 Å². The summed E-state index contributed by atoms with van der Waals surface area (Å²) >= 11 is 0. The molecule has 1 saturated carbocycles. The average Bonchev–Trinajstić information content (AvgIpc) is 2.46. The molecule has 1 saturated heterocycles. The number of aromatic amines is 1. The molecule has 1 aliphatic carbocycles. The van der Waals surface area contributed by atoms with Crippen LogP contribution in [0.5, 0.6) is 0 Å². The predicted molar refractivity (Wildman–Crippen MR) is 74.5 cm³/mol. The fourth-order valence-corrected chi connectivity index (χ4v) is 3.52. The number of aromatic nitrogens is 1. The number of rotatable bonds is 1. The SMILES string of the molecule is O=C(c1ccc[nH]c1=O)N1CCC2(O)CCCCC2C1. The molecule has 0 radical (unpaired) electrons. The van der Waals surface area contributed by atoms with Crippen molar-refractivity contribution in [3.63, 3.8) is 0 Å². The Labute approximate surface area is 117 Å². The van der Waals surface area contributed by atoms with Crippen LogP contribution in [0.15, 0.2) is 23.1 Å².